The molecule has 3 heterocycles. The van der Waals surface area contributed by atoms with Gasteiger partial charge in [0.2, 0.25) is 5.95 Å². The van der Waals surface area contributed by atoms with Gasteiger partial charge in [0.15, 0.2) is 5.82 Å². The molecule has 1 fully saturated rings. The molecule has 1 unspecified atom stereocenters. The van der Waals surface area contributed by atoms with Crippen LogP contribution in [0.5, 0.6) is 0 Å². The lowest BCUT2D eigenvalue weighted by molar-refractivity contribution is 0.0390. The van der Waals surface area contributed by atoms with E-state index in [-0.39, 0.29) is 17.2 Å². The third-order valence-electron chi connectivity index (χ3n) is 6.20. The predicted molar refractivity (Wildman–Crippen MR) is 133 cm³/mol. The fraction of sp³-hybridized carbons (Fsp3) is 0.423. The molecular weight excluding hydrogens is 433 g/mol. The molecule has 0 amide bonds. The van der Waals surface area contributed by atoms with Crippen molar-refractivity contribution in [2.75, 3.05) is 29.9 Å². The summed E-state index contributed by atoms with van der Waals surface area (Å²) in [6.45, 7) is 6.04. The Morgan fingerprint density at radius 2 is 2.06 bits per heavy atom. The number of nitrogens with one attached hydrogen (secondary N) is 1. The van der Waals surface area contributed by atoms with Gasteiger partial charge in [-0.1, -0.05) is 31.9 Å². The molecule has 1 saturated heterocycles. The van der Waals surface area contributed by atoms with Gasteiger partial charge in [0.25, 0.3) is 5.56 Å². The van der Waals surface area contributed by atoms with Crippen molar-refractivity contribution in [3.63, 3.8) is 0 Å². The lowest BCUT2D eigenvalue weighted by Gasteiger charge is -2.34. The van der Waals surface area contributed by atoms with Crippen LogP contribution in [0.3, 0.4) is 0 Å². The van der Waals surface area contributed by atoms with Crippen molar-refractivity contribution in [1.82, 2.24) is 14.5 Å². The minimum Gasteiger partial charge on any atom is -0.383 e. The van der Waals surface area contributed by atoms with Gasteiger partial charge in [-0.15, -0.1) is 0 Å². The van der Waals surface area contributed by atoms with Crippen LogP contribution in [0, 0.1) is 5.82 Å². The quantitative estimate of drug-likeness (QED) is 0.526. The Morgan fingerprint density at radius 1 is 1.26 bits per heavy atom. The van der Waals surface area contributed by atoms with Crippen molar-refractivity contribution in [3.8, 4) is 11.3 Å². The second-order valence-corrected chi connectivity index (χ2v) is 8.81. The number of benzene rings is 1. The van der Waals surface area contributed by atoms with Gasteiger partial charge in [-0.25, -0.2) is 9.37 Å². The fourth-order valence-corrected chi connectivity index (χ4v) is 4.22. The van der Waals surface area contributed by atoms with Crippen molar-refractivity contribution in [3.05, 3.63) is 70.5 Å². The zero-order valence-electron chi connectivity index (χ0n) is 20.0. The van der Waals surface area contributed by atoms with E-state index in [2.05, 4.69) is 53.4 Å². The van der Waals surface area contributed by atoms with Crippen LogP contribution in [-0.2, 0) is 11.8 Å². The topological polar surface area (TPSA) is 72.3 Å². The van der Waals surface area contributed by atoms with Crippen LogP contribution >= 0.6 is 0 Å². The highest BCUT2D eigenvalue weighted by atomic mass is 19.1. The first-order chi connectivity index (χ1) is 16.5. The molecule has 7 nitrogen and oxygen atoms in total. The summed E-state index contributed by atoms with van der Waals surface area (Å²) in [4.78, 5) is 23.1. The van der Waals surface area contributed by atoms with E-state index >= 15 is 0 Å². The second kappa shape index (κ2) is 10.8. The molecule has 34 heavy (non-hydrogen) atoms. The van der Waals surface area contributed by atoms with Crippen molar-refractivity contribution < 1.29 is 9.13 Å². The molecule has 2 aromatic heterocycles. The highest BCUT2D eigenvalue weighted by Crippen LogP contribution is 2.27. The number of aromatic nitrogens is 3. The number of hydrogen-bond acceptors (Lipinski definition) is 6. The average molecular weight is 466 g/mol. The summed E-state index contributed by atoms with van der Waals surface area (Å²) in [7, 11) is 1.68. The van der Waals surface area contributed by atoms with E-state index in [1.54, 1.807) is 7.05 Å². The Balaban J connectivity index is 1.52. The van der Waals surface area contributed by atoms with Crippen LogP contribution in [0.15, 0.2) is 53.6 Å². The molecule has 0 radical (unpaired) electrons. The molecule has 0 bridgehead atoms. The van der Waals surface area contributed by atoms with Crippen LogP contribution in [0.1, 0.15) is 44.8 Å². The van der Waals surface area contributed by atoms with E-state index < -0.39 is 5.82 Å². The number of rotatable bonds is 8. The molecule has 0 aliphatic carbocycles. The van der Waals surface area contributed by atoms with Crippen molar-refractivity contribution in [2.45, 2.75) is 45.3 Å². The van der Waals surface area contributed by atoms with E-state index in [1.165, 1.54) is 35.7 Å². The summed E-state index contributed by atoms with van der Waals surface area (Å²) in [6.07, 6.45) is 6.02. The summed E-state index contributed by atoms with van der Waals surface area (Å²) in [5.41, 5.74) is 2.48. The number of halogens is 1. The van der Waals surface area contributed by atoms with Crippen LogP contribution in [-0.4, -0.2) is 40.3 Å². The van der Waals surface area contributed by atoms with Gasteiger partial charge in [0.05, 0.1) is 25.0 Å². The number of hydrogen-bond donors (Lipinski definition) is 1. The molecule has 4 rings (SSSR count). The summed E-state index contributed by atoms with van der Waals surface area (Å²) in [5.74, 6) is -0.0122. The Kier molecular flexibility index (Phi) is 7.57. The summed E-state index contributed by atoms with van der Waals surface area (Å²) >= 11 is 0. The number of nitrogens with zero attached hydrogens (tertiary/aromatic N) is 4. The minimum atomic E-state index is -0.508. The van der Waals surface area contributed by atoms with Crippen molar-refractivity contribution in [1.29, 1.82) is 0 Å². The standard InChI is InChI=1S/C26H32FN5O2/c1-4-5-6-18(2)29-20-9-7-19(8-10-20)24-17-32(13-14-34-24)26-30-23(15-25(33)31(26)3)21-11-12-28-16-22(21)27/h7-12,15-16,18,24,29H,4-6,13-14,17H2,1-3H3/t18?,24-/m1/s1. The SMILES string of the molecule is CCCCC(C)Nc1ccc([C@H]2CN(c3nc(-c4ccncc4F)cc(=O)n3C)CCO2)cc1. The molecule has 2 atom stereocenters. The van der Waals surface area contributed by atoms with Crippen LogP contribution in [0.4, 0.5) is 16.0 Å². The third kappa shape index (κ3) is 5.44. The maximum Gasteiger partial charge on any atom is 0.255 e. The fourth-order valence-electron chi connectivity index (χ4n) is 4.22. The highest BCUT2D eigenvalue weighted by molar-refractivity contribution is 5.60. The Morgan fingerprint density at radius 3 is 2.79 bits per heavy atom. The smallest absolute Gasteiger partial charge is 0.255 e. The van der Waals surface area contributed by atoms with Crippen LogP contribution in [0.2, 0.25) is 0 Å². The lowest BCUT2D eigenvalue weighted by atomic mass is 10.1. The second-order valence-electron chi connectivity index (χ2n) is 8.81. The highest BCUT2D eigenvalue weighted by Gasteiger charge is 2.25. The molecule has 180 valence electrons. The Hall–Kier alpha value is -3.26. The summed E-state index contributed by atoms with van der Waals surface area (Å²) in [5, 5.41) is 3.55. The van der Waals surface area contributed by atoms with Crippen LogP contribution < -0.4 is 15.8 Å². The number of morpholine rings is 1. The van der Waals surface area contributed by atoms with Crippen LogP contribution in [0.25, 0.3) is 11.3 Å². The number of ether oxygens (including phenoxy) is 1. The van der Waals surface area contributed by atoms with Gasteiger partial charge >= 0.3 is 0 Å². The van der Waals surface area contributed by atoms with Gasteiger partial charge in [0, 0.05) is 43.1 Å². The zero-order chi connectivity index (χ0) is 24.1. The number of anilines is 2. The number of pyridine rings is 1. The van der Waals surface area contributed by atoms with E-state index in [9.17, 15) is 9.18 Å². The Labute approximate surface area is 199 Å². The Bertz CT molecular complexity index is 1160. The molecular formula is C26H32FN5O2. The largest absolute Gasteiger partial charge is 0.383 e. The van der Waals surface area contributed by atoms with Crippen molar-refractivity contribution >= 4 is 11.6 Å². The molecule has 3 aromatic rings. The molecule has 1 aliphatic rings. The van der Waals surface area contributed by atoms with Gasteiger partial charge in [-0.2, -0.15) is 0 Å². The molecule has 0 spiro atoms. The maximum atomic E-state index is 14.3. The van der Waals surface area contributed by atoms with Gasteiger partial charge < -0.3 is 15.0 Å². The van der Waals surface area contributed by atoms with E-state index in [0.29, 0.717) is 37.4 Å². The summed E-state index contributed by atoms with van der Waals surface area (Å²) in [6, 6.07) is 11.6. The van der Waals surface area contributed by atoms with Crippen molar-refractivity contribution in [2.24, 2.45) is 7.05 Å². The first-order valence-electron chi connectivity index (χ1n) is 11.9. The maximum absolute atomic E-state index is 14.3. The normalized spacial score (nSPS) is 16.9. The number of unbranched alkanes of at least 4 members (excludes halogenated alkanes) is 1. The van der Waals surface area contributed by atoms with Gasteiger partial charge in [0.1, 0.15) is 6.10 Å². The van der Waals surface area contributed by atoms with E-state index in [0.717, 1.165) is 23.9 Å². The molecule has 1 N–H and O–H groups in total. The van der Waals surface area contributed by atoms with E-state index in [1.807, 2.05) is 4.90 Å². The first kappa shape index (κ1) is 23.9. The summed E-state index contributed by atoms with van der Waals surface area (Å²) < 4.78 is 21.8. The average Bonchev–Trinajstić information content (AvgIpc) is 2.85. The van der Waals surface area contributed by atoms with Gasteiger partial charge in [-0.05, 0) is 37.1 Å². The molecule has 1 aromatic carbocycles. The molecule has 0 saturated carbocycles. The monoisotopic (exact) mass is 465 g/mol. The first-order valence-corrected chi connectivity index (χ1v) is 11.9. The predicted octanol–water partition coefficient (Wildman–Crippen LogP) is 4.55. The molecule has 1 aliphatic heterocycles. The zero-order valence-corrected chi connectivity index (χ0v) is 20.0. The minimum absolute atomic E-state index is 0.154. The molecule has 8 heteroatoms. The lowest BCUT2D eigenvalue weighted by Crippen LogP contribution is -2.41. The third-order valence-corrected chi connectivity index (χ3v) is 6.20. The van der Waals surface area contributed by atoms with Gasteiger partial charge in [-0.3, -0.25) is 14.3 Å². The van der Waals surface area contributed by atoms with E-state index in [4.69, 9.17) is 4.74 Å².